The quantitative estimate of drug-likeness (QED) is 0.229. The minimum Gasteiger partial charge on any atom is -0.494 e. The smallest absolute Gasteiger partial charge is 0.195 e. The number of anilines is 1. The van der Waals surface area contributed by atoms with Crippen molar-refractivity contribution in [2.45, 2.75) is 19.4 Å². The SMILES string of the molecule is CN=C(NCc1ccc(OCCCN(C)C)cc1)Nc1ccc2c(c1)OCCCO2.I. The van der Waals surface area contributed by atoms with Gasteiger partial charge in [0.2, 0.25) is 0 Å². The first-order chi connectivity index (χ1) is 14.6. The normalized spacial score (nSPS) is 13.2. The highest BCUT2D eigenvalue weighted by atomic mass is 127. The van der Waals surface area contributed by atoms with E-state index in [-0.39, 0.29) is 24.0 Å². The summed E-state index contributed by atoms with van der Waals surface area (Å²) in [5.74, 6) is 3.12. The molecule has 0 spiro atoms. The van der Waals surface area contributed by atoms with E-state index in [2.05, 4.69) is 46.8 Å². The number of aliphatic imine (C=N–C) groups is 1. The molecule has 0 radical (unpaired) electrons. The van der Waals surface area contributed by atoms with E-state index in [4.69, 9.17) is 14.2 Å². The highest BCUT2D eigenvalue weighted by Crippen LogP contribution is 2.32. The molecule has 1 heterocycles. The molecule has 170 valence electrons. The lowest BCUT2D eigenvalue weighted by molar-refractivity contribution is 0.281. The number of benzene rings is 2. The third-order valence-corrected chi connectivity index (χ3v) is 4.64. The van der Waals surface area contributed by atoms with Gasteiger partial charge in [0.1, 0.15) is 5.75 Å². The van der Waals surface area contributed by atoms with Crippen LogP contribution in [0, 0.1) is 0 Å². The molecule has 2 N–H and O–H groups in total. The summed E-state index contributed by atoms with van der Waals surface area (Å²) in [4.78, 5) is 6.46. The monoisotopic (exact) mass is 540 g/mol. The number of nitrogens with zero attached hydrogens (tertiary/aromatic N) is 2. The van der Waals surface area contributed by atoms with E-state index in [1.165, 1.54) is 0 Å². The maximum atomic E-state index is 5.79. The Morgan fingerprint density at radius 3 is 2.52 bits per heavy atom. The fraction of sp³-hybridized carbons (Fsp3) is 0.435. The first-order valence-corrected chi connectivity index (χ1v) is 10.4. The number of ether oxygens (including phenoxy) is 3. The Morgan fingerprint density at radius 2 is 1.81 bits per heavy atom. The lowest BCUT2D eigenvalue weighted by Gasteiger charge is -2.14. The number of rotatable bonds is 8. The molecule has 0 unspecified atom stereocenters. The van der Waals surface area contributed by atoms with E-state index in [0.717, 1.165) is 54.5 Å². The molecule has 7 nitrogen and oxygen atoms in total. The molecular weight excluding hydrogens is 507 g/mol. The second kappa shape index (κ2) is 13.3. The number of halogens is 1. The summed E-state index contributed by atoms with van der Waals surface area (Å²) in [6.07, 6.45) is 1.90. The third-order valence-electron chi connectivity index (χ3n) is 4.64. The maximum absolute atomic E-state index is 5.79. The Hall–Kier alpha value is -2.20. The number of hydrogen-bond acceptors (Lipinski definition) is 5. The topological polar surface area (TPSA) is 67.4 Å². The minimum absolute atomic E-state index is 0. The third kappa shape index (κ3) is 8.45. The van der Waals surface area contributed by atoms with E-state index in [0.29, 0.717) is 25.7 Å². The van der Waals surface area contributed by atoms with E-state index < -0.39 is 0 Å². The minimum atomic E-state index is 0. The Morgan fingerprint density at radius 1 is 1.06 bits per heavy atom. The maximum Gasteiger partial charge on any atom is 0.195 e. The van der Waals surface area contributed by atoms with Crippen LogP contribution in [0.4, 0.5) is 5.69 Å². The van der Waals surface area contributed by atoms with Crippen molar-refractivity contribution in [3.8, 4) is 17.2 Å². The van der Waals surface area contributed by atoms with Gasteiger partial charge in [-0.3, -0.25) is 4.99 Å². The van der Waals surface area contributed by atoms with Crippen molar-refractivity contribution in [1.82, 2.24) is 10.2 Å². The van der Waals surface area contributed by atoms with Gasteiger partial charge >= 0.3 is 0 Å². The Kier molecular flexibility index (Phi) is 10.7. The van der Waals surface area contributed by atoms with Crippen LogP contribution in [0.1, 0.15) is 18.4 Å². The van der Waals surface area contributed by atoms with Gasteiger partial charge in [-0.1, -0.05) is 12.1 Å². The van der Waals surface area contributed by atoms with Crippen molar-refractivity contribution in [3.63, 3.8) is 0 Å². The van der Waals surface area contributed by atoms with Gasteiger partial charge in [0.25, 0.3) is 0 Å². The van der Waals surface area contributed by atoms with Crippen LogP contribution in [0.25, 0.3) is 0 Å². The van der Waals surface area contributed by atoms with Gasteiger partial charge in [-0.2, -0.15) is 0 Å². The highest BCUT2D eigenvalue weighted by molar-refractivity contribution is 14.0. The van der Waals surface area contributed by atoms with Gasteiger partial charge in [-0.25, -0.2) is 0 Å². The van der Waals surface area contributed by atoms with Crippen molar-refractivity contribution in [2.24, 2.45) is 4.99 Å². The molecule has 3 rings (SSSR count). The van der Waals surface area contributed by atoms with E-state index in [1.54, 1.807) is 7.05 Å². The average molecular weight is 540 g/mol. The predicted octanol–water partition coefficient (Wildman–Crippen LogP) is 3.98. The Bertz CT molecular complexity index is 828. The molecule has 0 aromatic heterocycles. The summed E-state index contributed by atoms with van der Waals surface area (Å²) >= 11 is 0. The van der Waals surface area contributed by atoms with Crippen molar-refractivity contribution >= 4 is 35.6 Å². The van der Waals surface area contributed by atoms with Crippen LogP contribution >= 0.6 is 24.0 Å². The van der Waals surface area contributed by atoms with Crippen LogP contribution in [0.3, 0.4) is 0 Å². The lowest BCUT2D eigenvalue weighted by Crippen LogP contribution is -2.30. The number of nitrogens with one attached hydrogen (secondary N) is 2. The summed E-state index contributed by atoms with van der Waals surface area (Å²) in [6, 6.07) is 14.0. The van der Waals surface area contributed by atoms with Gasteiger partial charge in [0.15, 0.2) is 17.5 Å². The van der Waals surface area contributed by atoms with Crippen LogP contribution in [0.5, 0.6) is 17.2 Å². The van der Waals surface area contributed by atoms with Gasteiger partial charge < -0.3 is 29.7 Å². The molecule has 31 heavy (non-hydrogen) atoms. The van der Waals surface area contributed by atoms with Crippen LogP contribution < -0.4 is 24.8 Å². The number of guanidine groups is 1. The number of hydrogen-bond donors (Lipinski definition) is 2. The molecule has 0 amide bonds. The van der Waals surface area contributed by atoms with Gasteiger partial charge in [-0.05, 0) is 50.3 Å². The summed E-state index contributed by atoms with van der Waals surface area (Å²) < 4.78 is 17.2. The zero-order chi connectivity index (χ0) is 21.2. The molecule has 1 aliphatic rings. The van der Waals surface area contributed by atoms with E-state index >= 15 is 0 Å². The first-order valence-electron chi connectivity index (χ1n) is 10.4. The molecule has 0 aliphatic carbocycles. The van der Waals surface area contributed by atoms with Crippen LogP contribution in [-0.2, 0) is 6.54 Å². The second-order valence-corrected chi connectivity index (χ2v) is 7.41. The largest absolute Gasteiger partial charge is 0.494 e. The molecule has 1 aliphatic heterocycles. The van der Waals surface area contributed by atoms with Crippen molar-refractivity contribution in [3.05, 3.63) is 48.0 Å². The summed E-state index contributed by atoms with van der Waals surface area (Å²) in [7, 11) is 5.89. The summed E-state index contributed by atoms with van der Waals surface area (Å²) in [5.41, 5.74) is 2.05. The van der Waals surface area contributed by atoms with Gasteiger partial charge in [-0.15, -0.1) is 24.0 Å². The molecule has 8 heteroatoms. The second-order valence-electron chi connectivity index (χ2n) is 7.41. The van der Waals surface area contributed by atoms with E-state index in [1.807, 2.05) is 30.3 Å². The van der Waals surface area contributed by atoms with Crippen LogP contribution in [-0.4, -0.2) is 58.4 Å². The van der Waals surface area contributed by atoms with Crippen molar-refractivity contribution in [2.75, 3.05) is 52.8 Å². The van der Waals surface area contributed by atoms with Crippen LogP contribution in [0.15, 0.2) is 47.5 Å². The fourth-order valence-corrected chi connectivity index (χ4v) is 3.02. The molecule has 0 saturated heterocycles. The molecular formula is C23H33IN4O3. The number of fused-ring (bicyclic) bond motifs is 1. The molecule has 0 saturated carbocycles. The molecule has 2 aromatic rings. The molecule has 0 atom stereocenters. The molecule has 2 aromatic carbocycles. The summed E-state index contributed by atoms with van der Waals surface area (Å²) in [5, 5.41) is 6.63. The predicted molar refractivity (Wildman–Crippen MR) is 136 cm³/mol. The average Bonchev–Trinajstić information content (AvgIpc) is 3.00. The Balaban J connectivity index is 0.00000341. The standard InChI is InChI=1S/C23H32N4O3.HI/c1-24-23(26-19-8-11-21-22(16-19)30-15-5-14-29-21)25-17-18-6-9-20(10-7-18)28-13-4-12-27(2)3;/h6-11,16H,4-5,12-15,17H2,1-3H3,(H2,24,25,26);1H. The van der Waals surface area contributed by atoms with Gasteiger partial charge in [0, 0.05) is 38.3 Å². The van der Waals surface area contributed by atoms with Crippen molar-refractivity contribution < 1.29 is 14.2 Å². The highest BCUT2D eigenvalue weighted by Gasteiger charge is 2.11. The molecule has 0 bridgehead atoms. The Labute approximate surface area is 202 Å². The zero-order valence-corrected chi connectivity index (χ0v) is 20.8. The lowest BCUT2D eigenvalue weighted by atomic mass is 10.2. The fourth-order valence-electron chi connectivity index (χ4n) is 3.02. The molecule has 0 fully saturated rings. The first kappa shape index (κ1) is 25.1. The van der Waals surface area contributed by atoms with Crippen molar-refractivity contribution in [1.29, 1.82) is 0 Å². The van der Waals surface area contributed by atoms with Crippen LogP contribution in [0.2, 0.25) is 0 Å². The summed E-state index contributed by atoms with van der Waals surface area (Å²) in [6.45, 7) is 3.76. The van der Waals surface area contributed by atoms with E-state index in [9.17, 15) is 0 Å². The van der Waals surface area contributed by atoms with Gasteiger partial charge in [0.05, 0.1) is 19.8 Å². The zero-order valence-electron chi connectivity index (χ0n) is 18.5.